The van der Waals surface area contributed by atoms with Crippen molar-refractivity contribution in [3.63, 3.8) is 0 Å². The average molecular weight is 429 g/mol. The van der Waals surface area contributed by atoms with Crippen LogP contribution >= 0.6 is 11.6 Å². The number of ketones is 1. The molecule has 30 heavy (non-hydrogen) atoms. The summed E-state index contributed by atoms with van der Waals surface area (Å²) in [6, 6.07) is 14.7. The Balaban J connectivity index is 1.76. The van der Waals surface area contributed by atoms with Crippen LogP contribution in [0.1, 0.15) is 29.3 Å². The number of benzene rings is 2. The molecule has 3 aromatic rings. The molecule has 3 rings (SSSR count). The normalized spacial score (nSPS) is 11.8. The minimum Gasteiger partial charge on any atom is -0.497 e. The molecule has 0 unspecified atom stereocenters. The molecular formula is C21H21ClN4O4. The molecule has 9 heteroatoms. The maximum atomic E-state index is 12.7. The minimum atomic E-state index is -1.07. The Hall–Kier alpha value is -3.26. The van der Waals surface area contributed by atoms with Crippen LogP contribution in [0.5, 0.6) is 5.75 Å². The fourth-order valence-corrected chi connectivity index (χ4v) is 3.21. The predicted octanol–water partition coefficient (Wildman–Crippen LogP) is 2.95. The average Bonchev–Trinajstić information content (AvgIpc) is 3.17. The number of methoxy groups -OCH3 is 1. The number of tetrazole rings is 1. The van der Waals surface area contributed by atoms with Crippen molar-refractivity contribution in [3.05, 3.63) is 70.5 Å². The fourth-order valence-electron chi connectivity index (χ4n) is 3.08. The zero-order chi connectivity index (χ0) is 21.5. The first-order valence-corrected chi connectivity index (χ1v) is 9.69. The lowest BCUT2D eigenvalue weighted by Gasteiger charge is -2.13. The number of aromatic nitrogens is 4. The van der Waals surface area contributed by atoms with E-state index in [0.717, 1.165) is 21.7 Å². The van der Waals surface area contributed by atoms with Crippen LogP contribution in [0.2, 0.25) is 5.02 Å². The zero-order valence-corrected chi connectivity index (χ0v) is 17.1. The standard InChI is InChI=1S/C21H21ClN4O4/c1-30-19-8-4-14(5-9-19)10-16(21-23-25-26(24-21)13-20(28)29)12-18(27)11-15-2-6-17(22)7-3-15/h2-9,16H,10-13H2,1H3,(H,28,29)/t16-/m1/s1. The van der Waals surface area contributed by atoms with Gasteiger partial charge in [-0.3, -0.25) is 9.59 Å². The number of Topliss-reactive ketones (excluding diaryl/α,β-unsaturated/α-hetero) is 1. The van der Waals surface area contributed by atoms with Gasteiger partial charge in [0, 0.05) is 23.8 Å². The van der Waals surface area contributed by atoms with Crippen LogP contribution in [-0.4, -0.2) is 44.2 Å². The molecule has 8 nitrogen and oxygen atoms in total. The molecule has 0 aliphatic carbocycles. The van der Waals surface area contributed by atoms with E-state index in [-0.39, 0.29) is 31.1 Å². The number of carboxylic acid groups (broad SMARTS) is 1. The Bertz CT molecular complexity index is 1000. The van der Waals surface area contributed by atoms with Gasteiger partial charge in [0.2, 0.25) is 0 Å². The molecule has 1 heterocycles. The minimum absolute atomic E-state index is 0.0189. The monoisotopic (exact) mass is 428 g/mol. The van der Waals surface area contributed by atoms with Gasteiger partial charge in [-0.1, -0.05) is 35.9 Å². The molecule has 0 saturated heterocycles. The lowest BCUT2D eigenvalue weighted by molar-refractivity contribution is -0.138. The molecule has 0 spiro atoms. The van der Waals surface area contributed by atoms with E-state index >= 15 is 0 Å². The molecule has 156 valence electrons. The molecule has 0 saturated carbocycles. The third-order valence-corrected chi connectivity index (χ3v) is 4.79. The quantitative estimate of drug-likeness (QED) is 0.529. The maximum absolute atomic E-state index is 12.7. The number of halogens is 1. The summed E-state index contributed by atoms with van der Waals surface area (Å²) in [5, 5.41) is 21.5. The smallest absolute Gasteiger partial charge is 0.327 e. The number of carbonyl (C=O) groups excluding carboxylic acids is 1. The van der Waals surface area contributed by atoms with Gasteiger partial charge in [-0.15, -0.1) is 10.2 Å². The summed E-state index contributed by atoms with van der Waals surface area (Å²) in [7, 11) is 1.60. The Morgan fingerprint density at radius 3 is 2.40 bits per heavy atom. The molecule has 0 radical (unpaired) electrons. The molecule has 1 aromatic heterocycles. The van der Waals surface area contributed by atoms with E-state index in [9.17, 15) is 9.59 Å². The third-order valence-electron chi connectivity index (χ3n) is 4.54. The van der Waals surface area contributed by atoms with Crippen molar-refractivity contribution < 1.29 is 19.4 Å². The van der Waals surface area contributed by atoms with Gasteiger partial charge < -0.3 is 9.84 Å². The molecule has 2 aromatic carbocycles. The highest BCUT2D eigenvalue weighted by Gasteiger charge is 2.22. The first-order valence-electron chi connectivity index (χ1n) is 9.31. The van der Waals surface area contributed by atoms with Crippen LogP contribution in [0.15, 0.2) is 48.5 Å². The summed E-state index contributed by atoms with van der Waals surface area (Å²) in [6.07, 6.45) is 0.974. The topological polar surface area (TPSA) is 107 Å². The number of hydrogen-bond donors (Lipinski definition) is 1. The molecule has 0 aliphatic heterocycles. The lowest BCUT2D eigenvalue weighted by Crippen LogP contribution is -2.15. The summed E-state index contributed by atoms with van der Waals surface area (Å²) in [4.78, 5) is 24.6. The first kappa shape index (κ1) is 21.4. The molecule has 0 aliphatic rings. The highest BCUT2D eigenvalue weighted by atomic mass is 35.5. The van der Waals surface area contributed by atoms with E-state index in [1.54, 1.807) is 19.2 Å². The van der Waals surface area contributed by atoms with Gasteiger partial charge in [0.1, 0.15) is 11.5 Å². The molecule has 0 amide bonds. The van der Waals surface area contributed by atoms with E-state index in [1.165, 1.54) is 0 Å². The van der Waals surface area contributed by atoms with Crippen LogP contribution in [0.25, 0.3) is 0 Å². The number of hydrogen-bond acceptors (Lipinski definition) is 6. The first-order chi connectivity index (χ1) is 14.4. The fraction of sp³-hybridized carbons (Fsp3) is 0.286. The summed E-state index contributed by atoms with van der Waals surface area (Å²) in [5.74, 6) is -0.299. The Morgan fingerprint density at radius 2 is 1.77 bits per heavy atom. The van der Waals surface area contributed by atoms with Gasteiger partial charge in [-0.25, -0.2) is 0 Å². The summed E-state index contributed by atoms with van der Waals surface area (Å²) in [5.41, 5.74) is 1.85. The zero-order valence-electron chi connectivity index (χ0n) is 16.4. The summed E-state index contributed by atoms with van der Waals surface area (Å²) < 4.78 is 5.18. The second kappa shape index (κ2) is 9.98. The van der Waals surface area contributed by atoms with Gasteiger partial charge in [0.25, 0.3) is 0 Å². The number of carbonyl (C=O) groups is 2. The third kappa shape index (κ3) is 6.12. The van der Waals surface area contributed by atoms with Crippen molar-refractivity contribution in [2.24, 2.45) is 0 Å². The molecule has 0 fully saturated rings. The highest BCUT2D eigenvalue weighted by Crippen LogP contribution is 2.24. The van der Waals surface area contributed by atoms with Crippen LogP contribution in [0.4, 0.5) is 0 Å². The van der Waals surface area contributed by atoms with Gasteiger partial charge in [-0.2, -0.15) is 4.80 Å². The number of rotatable bonds is 10. The molecule has 1 N–H and O–H groups in total. The van der Waals surface area contributed by atoms with E-state index in [2.05, 4.69) is 15.4 Å². The van der Waals surface area contributed by atoms with Crippen LogP contribution < -0.4 is 4.74 Å². The van der Waals surface area contributed by atoms with Crippen molar-refractivity contribution in [3.8, 4) is 5.75 Å². The van der Waals surface area contributed by atoms with Gasteiger partial charge in [0.15, 0.2) is 12.4 Å². The SMILES string of the molecule is COc1ccc(C[C@H](CC(=O)Cc2ccc(Cl)cc2)c2nnn(CC(=O)O)n2)cc1. The van der Waals surface area contributed by atoms with Crippen LogP contribution in [-0.2, 0) is 29.0 Å². The van der Waals surface area contributed by atoms with Crippen molar-refractivity contribution in [2.45, 2.75) is 31.7 Å². The summed E-state index contributed by atoms with van der Waals surface area (Å²) >= 11 is 5.90. The Morgan fingerprint density at radius 1 is 1.10 bits per heavy atom. The molecule has 0 bridgehead atoms. The van der Waals surface area contributed by atoms with E-state index in [0.29, 0.717) is 17.3 Å². The van der Waals surface area contributed by atoms with Crippen molar-refractivity contribution in [1.82, 2.24) is 20.2 Å². The Labute approximate surface area is 178 Å². The number of carboxylic acids is 1. The predicted molar refractivity (Wildman–Crippen MR) is 110 cm³/mol. The van der Waals surface area contributed by atoms with Gasteiger partial charge >= 0.3 is 5.97 Å². The van der Waals surface area contributed by atoms with Gasteiger partial charge in [-0.05, 0) is 47.0 Å². The van der Waals surface area contributed by atoms with E-state index < -0.39 is 5.97 Å². The number of ether oxygens (including phenoxy) is 1. The molecule has 1 atom stereocenters. The van der Waals surface area contributed by atoms with Crippen molar-refractivity contribution >= 4 is 23.4 Å². The second-order valence-corrected chi connectivity index (χ2v) is 7.30. The van der Waals surface area contributed by atoms with Gasteiger partial charge in [0.05, 0.1) is 7.11 Å². The van der Waals surface area contributed by atoms with Crippen molar-refractivity contribution in [1.29, 1.82) is 0 Å². The van der Waals surface area contributed by atoms with E-state index in [1.807, 2.05) is 36.4 Å². The van der Waals surface area contributed by atoms with E-state index in [4.69, 9.17) is 21.4 Å². The highest BCUT2D eigenvalue weighted by molar-refractivity contribution is 6.30. The summed E-state index contributed by atoms with van der Waals surface area (Å²) in [6.45, 7) is -0.388. The van der Waals surface area contributed by atoms with Crippen molar-refractivity contribution in [2.75, 3.05) is 7.11 Å². The van der Waals surface area contributed by atoms with Crippen LogP contribution in [0, 0.1) is 0 Å². The molecular weight excluding hydrogens is 408 g/mol. The maximum Gasteiger partial charge on any atom is 0.327 e. The largest absolute Gasteiger partial charge is 0.497 e. The van der Waals surface area contributed by atoms with Crippen LogP contribution in [0.3, 0.4) is 0 Å². The Kier molecular flexibility index (Phi) is 7.13. The number of nitrogens with zero attached hydrogens (tertiary/aromatic N) is 4. The second-order valence-electron chi connectivity index (χ2n) is 6.87. The lowest BCUT2D eigenvalue weighted by atomic mass is 9.91. The number of aliphatic carboxylic acids is 1.